The molecule has 0 saturated heterocycles. The molecule has 2 aromatic heterocycles. The molecule has 0 fully saturated rings. The molecule has 0 atom stereocenters. The molecule has 59 valence electrons. The van der Waals surface area contributed by atoms with E-state index in [0.29, 0.717) is 0 Å². The van der Waals surface area contributed by atoms with Gasteiger partial charge in [-0.25, -0.2) is 0 Å². The van der Waals surface area contributed by atoms with Crippen LogP contribution in [-0.4, -0.2) is 9.55 Å². The van der Waals surface area contributed by atoms with Gasteiger partial charge < -0.3 is 4.57 Å². The summed E-state index contributed by atoms with van der Waals surface area (Å²) in [5, 5.41) is 0. The molecule has 0 aromatic carbocycles. The number of nitrogens with zero attached hydrogens (tertiary/aromatic N) is 2. The minimum absolute atomic E-state index is 0.799. The van der Waals surface area contributed by atoms with Crippen LogP contribution in [0.25, 0.3) is 0 Å². The second kappa shape index (κ2) is 3.22. The molecule has 0 bridgehead atoms. The Morgan fingerprint density at radius 2 is 2.33 bits per heavy atom. The lowest BCUT2D eigenvalue weighted by molar-refractivity contribution is 0.775. The zero-order valence-corrected chi connectivity index (χ0v) is 6.64. The maximum atomic E-state index is 4.21. The van der Waals surface area contributed by atoms with Crippen LogP contribution < -0.4 is 0 Å². The van der Waals surface area contributed by atoms with E-state index >= 15 is 0 Å². The lowest BCUT2D eigenvalue weighted by Gasteiger charge is -1.99. The smallest absolute Gasteiger partial charge is 0.0651 e. The zero-order chi connectivity index (χ0) is 8.23. The molecule has 0 N–H and O–H groups in total. The molecule has 0 amide bonds. The van der Waals surface area contributed by atoms with E-state index < -0.39 is 0 Å². The van der Waals surface area contributed by atoms with Gasteiger partial charge in [-0.2, -0.15) is 0 Å². The van der Waals surface area contributed by atoms with Gasteiger partial charge in [0.25, 0.3) is 0 Å². The highest BCUT2D eigenvalue weighted by atomic mass is 14.9. The predicted molar refractivity (Wildman–Crippen MR) is 46.6 cm³/mol. The van der Waals surface area contributed by atoms with E-state index in [-0.39, 0.29) is 0 Å². The number of aromatic nitrogens is 2. The van der Waals surface area contributed by atoms with Crippen LogP contribution in [0.5, 0.6) is 0 Å². The maximum absolute atomic E-state index is 4.21. The monoisotopic (exact) mass is 157 g/mol. The average molecular weight is 157 g/mol. The highest BCUT2D eigenvalue weighted by Crippen LogP contribution is 1.97. The van der Waals surface area contributed by atoms with Crippen molar-refractivity contribution in [3.05, 3.63) is 54.6 Å². The van der Waals surface area contributed by atoms with Crippen molar-refractivity contribution in [3.8, 4) is 0 Å². The van der Waals surface area contributed by atoms with Crippen molar-refractivity contribution in [2.75, 3.05) is 0 Å². The molecule has 12 heavy (non-hydrogen) atoms. The Labute approximate surface area is 71.5 Å². The Bertz CT molecular complexity index is 324. The summed E-state index contributed by atoms with van der Waals surface area (Å²) >= 11 is 0. The molecule has 0 unspecified atom stereocenters. The summed E-state index contributed by atoms with van der Waals surface area (Å²) in [5.41, 5.74) is 1.06. The highest BCUT2D eigenvalue weighted by molar-refractivity contribution is 5.04. The first-order chi connectivity index (χ1) is 5.95. The molecular weight excluding hydrogens is 148 g/mol. The minimum atomic E-state index is 0.799. The van der Waals surface area contributed by atoms with Crippen LogP contribution in [-0.2, 0) is 6.54 Å². The fourth-order valence-electron chi connectivity index (χ4n) is 1.09. The SMILES string of the molecule is [c]1cccn1Cc1ccccn1. The third kappa shape index (κ3) is 1.53. The molecule has 0 aliphatic carbocycles. The summed E-state index contributed by atoms with van der Waals surface area (Å²) in [7, 11) is 0. The topological polar surface area (TPSA) is 17.8 Å². The summed E-state index contributed by atoms with van der Waals surface area (Å²) in [4.78, 5) is 4.21. The molecule has 0 aliphatic heterocycles. The molecule has 1 radical (unpaired) electrons. The van der Waals surface area contributed by atoms with Gasteiger partial charge in [0, 0.05) is 12.4 Å². The van der Waals surface area contributed by atoms with Crippen molar-refractivity contribution in [2.45, 2.75) is 6.54 Å². The summed E-state index contributed by atoms with van der Waals surface area (Å²) < 4.78 is 1.97. The van der Waals surface area contributed by atoms with E-state index in [2.05, 4.69) is 11.2 Å². The molecule has 0 spiro atoms. The lowest BCUT2D eigenvalue weighted by atomic mass is 10.3. The third-order valence-electron chi connectivity index (χ3n) is 1.66. The fourth-order valence-corrected chi connectivity index (χ4v) is 1.09. The van der Waals surface area contributed by atoms with Gasteiger partial charge in [0.1, 0.15) is 0 Å². The lowest BCUT2D eigenvalue weighted by Crippen LogP contribution is -1.97. The molecule has 0 aliphatic rings. The second-order valence-corrected chi connectivity index (χ2v) is 2.59. The molecule has 2 rings (SSSR count). The van der Waals surface area contributed by atoms with Gasteiger partial charge >= 0.3 is 0 Å². The van der Waals surface area contributed by atoms with E-state index in [0.717, 1.165) is 12.2 Å². The first-order valence-corrected chi connectivity index (χ1v) is 3.88. The molecule has 2 heteroatoms. The summed E-state index contributed by atoms with van der Waals surface area (Å²) in [6, 6.07) is 9.77. The van der Waals surface area contributed by atoms with Crippen molar-refractivity contribution in [2.24, 2.45) is 0 Å². The van der Waals surface area contributed by atoms with Gasteiger partial charge in [-0.05, 0) is 24.3 Å². The van der Waals surface area contributed by atoms with E-state index in [1.165, 1.54) is 0 Å². The summed E-state index contributed by atoms with van der Waals surface area (Å²) in [6.45, 7) is 0.799. The van der Waals surface area contributed by atoms with Crippen LogP contribution in [0, 0.1) is 6.20 Å². The average Bonchev–Trinajstić information content (AvgIpc) is 2.59. The van der Waals surface area contributed by atoms with Crippen molar-refractivity contribution in [1.29, 1.82) is 0 Å². The standard InChI is InChI=1S/C10H9N2/c1-2-6-11-10(5-1)9-12-7-3-4-8-12/h1-7H,9H2. The van der Waals surface area contributed by atoms with Crippen LogP contribution in [0.2, 0.25) is 0 Å². The summed E-state index contributed by atoms with van der Waals surface area (Å²) in [6.07, 6.45) is 6.85. The van der Waals surface area contributed by atoms with Gasteiger partial charge in [0.2, 0.25) is 0 Å². The molecule has 2 heterocycles. The van der Waals surface area contributed by atoms with Crippen molar-refractivity contribution >= 4 is 0 Å². The van der Waals surface area contributed by atoms with Gasteiger partial charge in [-0.15, -0.1) is 0 Å². The van der Waals surface area contributed by atoms with E-state index in [4.69, 9.17) is 0 Å². The number of rotatable bonds is 2. The molecule has 0 saturated carbocycles. The normalized spacial score (nSPS) is 10.0. The van der Waals surface area contributed by atoms with Gasteiger partial charge in [0.05, 0.1) is 18.4 Å². The van der Waals surface area contributed by atoms with Gasteiger partial charge in [-0.1, -0.05) is 6.07 Å². The Kier molecular flexibility index (Phi) is 1.90. The first-order valence-electron chi connectivity index (χ1n) is 3.88. The Balaban J connectivity index is 2.15. The molecular formula is C10H9N2. The Morgan fingerprint density at radius 3 is 3.00 bits per heavy atom. The maximum Gasteiger partial charge on any atom is 0.0651 e. The van der Waals surface area contributed by atoms with Crippen molar-refractivity contribution in [3.63, 3.8) is 0 Å². The molecule has 2 aromatic rings. The van der Waals surface area contributed by atoms with Gasteiger partial charge in [0.15, 0.2) is 0 Å². The second-order valence-electron chi connectivity index (χ2n) is 2.59. The van der Waals surface area contributed by atoms with Crippen molar-refractivity contribution in [1.82, 2.24) is 9.55 Å². The van der Waals surface area contributed by atoms with Crippen LogP contribution in [0.3, 0.4) is 0 Å². The molecule has 2 nitrogen and oxygen atoms in total. The number of pyridine rings is 1. The first kappa shape index (κ1) is 7.10. The summed E-state index contributed by atoms with van der Waals surface area (Å²) in [5.74, 6) is 0. The highest BCUT2D eigenvalue weighted by Gasteiger charge is 1.92. The minimum Gasteiger partial charge on any atom is -0.340 e. The van der Waals surface area contributed by atoms with Crippen LogP contribution in [0.15, 0.2) is 42.7 Å². The zero-order valence-electron chi connectivity index (χ0n) is 6.64. The van der Waals surface area contributed by atoms with E-state index in [1.807, 2.05) is 41.1 Å². The van der Waals surface area contributed by atoms with Crippen LogP contribution >= 0.6 is 0 Å². The third-order valence-corrected chi connectivity index (χ3v) is 1.66. The number of hydrogen-bond acceptors (Lipinski definition) is 1. The van der Waals surface area contributed by atoms with Gasteiger partial charge in [-0.3, -0.25) is 4.98 Å². The van der Waals surface area contributed by atoms with Crippen LogP contribution in [0.1, 0.15) is 5.69 Å². The van der Waals surface area contributed by atoms with E-state index in [9.17, 15) is 0 Å². The Morgan fingerprint density at radius 1 is 1.33 bits per heavy atom. The fraction of sp³-hybridized carbons (Fsp3) is 0.100. The van der Waals surface area contributed by atoms with E-state index in [1.54, 1.807) is 6.20 Å². The quantitative estimate of drug-likeness (QED) is 0.649. The Hall–Kier alpha value is -1.57. The number of hydrogen-bond donors (Lipinski definition) is 0. The predicted octanol–water partition coefficient (Wildman–Crippen LogP) is 1.73. The largest absolute Gasteiger partial charge is 0.340 e. The van der Waals surface area contributed by atoms with Crippen molar-refractivity contribution < 1.29 is 0 Å². The van der Waals surface area contributed by atoms with Crippen LogP contribution in [0.4, 0.5) is 0 Å².